The highest BCUT2D eigenvalue weighted by atomic mass is 32.2. The molecule has 0 aromatic carbocycles. The van der Waals surface area contributed by atoms with E-state index < -0.39 is 16.3 Å². The van der Waals surface area contributed by atoms with E-state index in [2.05, 4.69) is 0 Å². The summed E-state index contributed by atoms with van der Waals surface area (Å²) in [6.07, 6.45) is -0.722. The number of hydroxylamine groups is 1. The first-order valence-electron chi connectivity index (χ1n) is 3.46. The highest BCUT2D eigenvalue weighted by molar-refractivity contribution is 7.86. The highest BCUT2D eigenvalue weighted by Crippen LogP contribution is 2.12. The summed E-state index contributed by atoms with van der Waals surface area (Å²) in [6, 6.07) is 0. The van der Waals surface area contributed by atoms with Gasteiger partial charge in [0.05, 0.1) is 19.3 Å². The van der Waals surface area contributed by atoms with Crippen LogP contribution in [-0.4, -0.2) is 55.6 Å². The normalized spacial score (nSPS) is 26.8. The van der Waals surface area contributed by atoms with Gasteiger partial charge in [-0.15, -0.1) is 0 Å². The topological polar surface area (TPSA) is 70.1 Å². The second-order valence-electron chi connectivity index (χ2n) is 2.73. The minimum absolute atomic E-state index is 0.000509. The molecule has 12 heavy (non-hydrogen) atoms. The number of hydrogen-bond donors (Lipinski definition) is 1. The standard InChI is InChI=1S/C5H12N2O4S/c1-6(2)12(9,10)7-3-5(8)4-11-7/h5,8H,3-4H2,1-2H3/t5-/m0/s1. The van der Waals surface area contributed by atoms with E-state index in [4.69, 9.17) is 9.94 Å². The molecule has 0 aromatic rings. The summed E-state index contributed by atoms with van der Waals surface area (Å²) in [5.74, 6) is 0. The molecule has 7 heteroatoms. The van der Waals surface area contributed by atoms with Crippen molar-refractivity contribution in [2.45, 2.75) is 6.10 Å². The molecule has 0 saturated carbocycles. The maximum absolute atomic E-state index is 11.3. The largest absolute Gasteiger partial charge is 0.389 e. The van der Waals surface area contributed by atoms with Gasteiger partial charge in [0.1, 0.15) is 0 Å². The van der Waals surface area contributed by atoms with Crippen LogP contribution in [0.2, 0.25) is 0 Å². The molecule has 1 N–H and O–H groups in total. The summed E-state index contributed by atoms with van der Waals surface area (Å²) < 4.78 is 24.4. The molecule has 1 aliphatic rings. The van der Waals surface area contributed by atoms with Crippen molar-refractivity contribution in [1.29, 1.82) is 0 Å². The fourth-order valence-electron chi connectivity index (χ4n) is 0.790. The summed E-state index contributed by atoms with van der Waals surface area (Å²) in [4.78, 5) is 4.74. The molecular weight excluding hydrogens is 184 g/mol. The average molecular weight is 196 g/mol. The molecule has 0 aromatic heterocycles. The Labute approximate surface area is 71.5 Å². The van der Waals surface area contributed by atoms with Crippen LogP contribution in [0.4, 0.5) is 0 Å². The lowest BCUT2D eigenvalue weighted by Crippen LogP contribution is -2.38. The Kier molecular flexibility index (Phi) is 2.69. The van der Waals surface area contributed by atoms with Crippen LogP contribution in [-0.2, 0) is 15.0 Å². The van der Waals surface area contributed by atoms with Crippen molar-refractivity contribution >= 4 is 10.2 Å². The lowest BCUT2D eigenvalue weighted by atomic mass is 10.4. The predicted octanol–water partition coefficient (Wildman–Crippen LogP) is -1.60. The van der Waals surface area contributed by atoms with Crippen LogP contribution in [0.5, 0.6) is 0 Å². The Morgan fingerprint density at radius 2 is 2.17 bits per heavy atom. The molecule has 1 aliphatic heterocycles. The zero-order valence-electron chi connectivity index (χ0n) is 6.97. The van der Waals surface area contributed by atoms with Gasteiger partial charge in [0.2, 0.25) is 0 Å². The smallest absolute Gasteiger partial charge is 0.303 e. The first-order valence-corrected chi connectivity index (χ1v) is 4.85. The van der Waals surface area contributed by atoms with Crippen molar-refractivity contribution in [2.75, 3.05) is 27.2 Å². The number of nitrogens with zero attached hydrogens (tertiary/aromatic N) is 2. The van der Waals surface area contributed by atoms with Gasteiger partial charge >= 0.3 is 10.2 Å². The van der Waals surface area contributed by atoms with Crippen molar-refractivity contribution in [2.24, 2.45) is 0 Å². The summed E-state index contributed by atoms with van der Waals surface area (Å²) in [5.41, 5.74) is 0. The van der Waals surface area contributed by atoms with Crippen LogP contribution in [0.1, 0.15) is 0 Å². The van der Waals surface area contributed by atoms with Crippen LogP contribution in [0.3, 0.4) is 0 Å². The van der Waals surface area contributed by atoms with Gasteiger partial charge in [0, 0.05) is 14.1 Å². The molecule has 1 saturated heterocycles. The Balaban J connectivity index is 2.71. The Hall–Kier alpha value is -0.210. The minimum atomic E-state index is -3.53. The minimum Gasteiger partial charge on any atom is -0.389 e. The number of hydrogen-bond acceptors (Lipinski definition) is 4. The molecule has 1 rings (SSSR count). The lowest BCUT2D eigenvalue weighted by Gasteiger charge is -2.18. The van der Waals surface area contributed by atoms with E-state index in [1.165, 1.54) is 14.1 Å². The van der Waals surface area contributed by atoms with Gasteiger partial charge < -0.3 is 5.11 Å². The van der Waals surface area contributed by atoms with Crippen LogP contribution in [0.15, 0.2) is 0 Å². The van der Waals surface area contributed by atoms with Gasteiger partial charge in [-0.25, -0.2) is 0 Å². The van der Waals surface area contributed by atoms with Crippen molar-refractivity contribution < 1.29 is 18.4 Å². The third-order valence-corrected chi connectivity index (χ3v) is 3.18. The fraction of sp³-hybridized carbons (Fsp3) is 1.00. The summed E-state index contributed by atoms with van der Waals surface area (Å²) in [5, 5.41) is 9.00. The van der Waals surface area contributed by atoms with E-state index in [0.29, 0.717) is 0 Å². The van der Waals surface area contributed by atoms with Crippen molar-refractivity contribution in [3.8, 4) is 0 Å². The fourth-order valence-corrected chi connectivity index (χ4v) is 1.71. The van der Waals surface area contributed by atoms with Crippen LogP contribution in [0.25, 0.3) is 0 Å². The first-order chi connectivity index (χ1) is 5.44. The molecule has 0 radical (unpaired) electrons. The quantitative estimate of drug-likeness (QED) is 0.577. The monoisotopic (exact) mass is 196 g/mol. The van der Waals surface area contributed by atoms with Crippen molar-refractivity contribution in [3.05, 3.63) is 0 Å². The van der Waals surface area contributed by atoms with Crippen molar-refractivity contribution in [3.63, 3.8) is 0 Å². The molecule has 72 valence electrons. The van der Waals surface area contributed by atoms with Gasteiger partial charge in [-0.05, 0) is 0 Å². The number of β-amino-alcohol motifs (C(OH)–C–C–N with tert-alkyl or cyclic N) is 1. The molecule has 0 unspecified atom stereocenters. The SMILES string of the molecule is CN(C)S(=O)(=O)N1C[C@H](O)CO1. The Morgan fingerprint density at radius 3 is 2.50 bits per heavy atom. The zero-order chi connectivity index (χ0) is 9.35. The van der Waals surface area contributed by atoms with Gasteiger partial charge in [-0.1, -0.05) is 4.47 Å². The molecule has 0 aliphatic carbocycles. The third kappa shape index (κ3) is 1.75. The summed E-state index contributed by atoms with van der Waals surface area (Å²) in [7, 11) is -0.713. The second kappa shape index (κ2) is 3.27. The Bertz CT molecular complexity index is 250. The molecule has 0 spiro atoms. The van der Waals surface area contributed by atoms with Crippen LogP contribution < -0.4 is 0 Å². The van der Waals surface area contributed by atoms with E-state index in [9.17, 15) is 8.42 Å². The zero-order valence-corrected chi connectivity index (χ0v) is 7.78. The molecule has 1 fully saturated rings. The van der Waals surface area contributed by atoms with Gasteiger partial charge in [0.15, 0.2) is 0 Å². The second-order valence-corrected chi connectivity index (χ2v) is 4.76. The lowest BCUT2D eigenvalue weighted by molar-refractivity contribution is -0.0356. The van der Waals surface area contributed by atoms with Gasteiger partial charge in [-0.3, -0.25) is 4.84 Å². The maximum Gasteiger partial charge on any atom is 0.303 e. The van der Waals surface area contributed by atoms with E-state index in [0.717, 1.165) is 8.77 Å². The van der Waals surface area contributed by atoms with E-state index in [1.54, 1.807) is 0 Å². The first kappa shape index (κ1) is 9.87. The number of aliphatic hydroxyl groups is 1. The molecule has 1 atom stereocenters. The predicted molar refractivity (Wildman–Crippen MR) is 41.3 cm³/mol. The van der Waals surface area contributed by atoms with Crippen LogP contribution >= 0.6 is 0 Å². The highest BCUT2D eigenvalue weighted by Gasteiger charge is 2.33. The number of rotatable bonds is 2. The average Bonchev–Trinajstić information content (AvgIpc) is 2.35. The van der Waals surface area contributed by atoms with Crippen LogP contribution in [0, 0.1) is 0 Å². The summed E-state index contributed by atoms with van der Waals surface area (Å²) >= 11 is 0. The molecule has 0 bridgehead atoms. The van der Waals surface area contributed by atoms with E-state index in [1.807, 2.05) is 0 Å². The molecular formula is C5H12N2O4S. The van der Waals surface area contributed by atoms with Gasteiger partial charge in [0.25, 0.3) is 0 Å². The van der Waals surface area contributed by atoms with E-state index >= 15 is 0 Å². The maximum atomic E-state index is 11.3. The third-order valence-electron chi connectivity index (χ3n) is 1.49. The molecule has 0 amide bonds. The van der Waals surface area contributed by atoms with Gasteiger partial charge in [-0.2, -0.15) is 12.7 Å². The molecule has 6 nitrogen and oxygen atoms in total. The van der Waals surface area contributed by atoms with E-state index in [-0.39, 0.29) is 13.2 Å². The molecule has 1 heterocycles. The van der Waals surface area contributed by atoms with Crippen molar-refractivity contribution in [1.82, 2.24) is 8.77 Å². The number of aliphatic hydroxyl groups excluding tert-OH is 1. The summed E-state index contributed by atoms with van der Waals surface area (Å²) in [6.45, 7) is 0.0353. The Morgan fingerprint density at radius 1 is 1.58 bits per heavy atom.